The summed E-state index contributed by atoms with van der Waals surface area (Å²) in [5.74, 6) is 0.0119. The zero-order chi connectivity index (χ0) is 14.5. The van der Waals surface area contributed by atoms with E-state index in [9.17, 15) is 4.79 Å². The summed E-state index contributed by atoms with van der Waals surface area (Å²) in [6, 6.07) is 8.01. The Kier molecular flexibility index (Phi) is 8.09. The highest BCUT2D eigenvalue weighted by molar-refractivity contribution is 5.94. The van der Waals surface area contributed by atoms with Crippen LogP contribution in [0.1, 0.15) is 28.8 Å². The lowest BCUT2D eigenvalue weighted by molar-refractivity contribution is 0.0930. The van der Waals surface area contributed by atoms with E-state index in [0.717, 1.165) is 43.6 Å². The first-order chi connectivity index (χ1) is 10.3. The Morgan fingerprint density at radius 3 is 2.70 bits per heavy atom. The first-order valence-electron chi connectivity index (χ1n) is 7.37. The van der Waals surface area contributed by atoms with Crippen molar-refractivity contribution in [2.75, 3.05) is 13.1 Å². The van der Waals surface area contributed by atoms with E-state index in [1.165, 1.54) is 0 Å². The van der Waals surface area contributed by atoms with Crippen LogP contribution in [0.25, 0.3) is 0 Å². The quantitative estimate of drug-likeness (QED) is 0.883. The molecule has 0 bridgehead atoms. The van der Waals surface area contributed by atoms with Crippen LogP contribution in [0.4, 0.5) is 0 Å². The number of hydrogen-bond acceptors (Lipinski definition) is 3. The van der Waals surface area contributed by atoms with E-state index >= 15 is 0 Å². The number of nitrogens with one attached hydrogen (secondary N) is 2. The van der Waals surface area contributed by atoms with Crippen LogP contribution < -0.4 is 10.6 Å². The molecule has 1 amide bonds. The molecule has 7 heteroatoms. The Morgan fingerprint density at radius 2 is 2.09 bits per heavy atom. The van der Waals surface area contributed by atoms with E-state index in [-0.39, 0.29) is 36.8 Å². The second-order valence-electron chi connectivity index (χ2n) is 5.45. The second kappa shape index (κ2) is 9.55. The molecular formula is C16H22Cl2N4O. The molecule has 23 heavy (non-hydrogen) atoms. The fraction of sp³-hybridized carbons (Fsp3) is 0.375. The average molecular weight is 357 g/mol. The molecule has 1 saturated heterocycles. The molecule has 2 aromatic rings. The van der Waals surface area contributed by atoms with Crippen molar-refractivity contribution >= 4 is 30.7 Å². The van der Waals surface area contributed by atoms with Gasteiger partial charge in [-0.25, -0.2) is 4.98 Å². The molecule has 0 aliphatic carbocycles. The largest absolute Gasteiger partial charge is 0.348 e. The predicted octanol–water partition coefficient (Wildman–Crippen LogP) is 2.26. The van der Waals surface area contributed by atoms with Crippen molar-refractivity contribution in [1.29, 1.82) is 0 Å². The highest BCUT2D eigenvalue weighted by Gasteiger charge is 2.16. The van der Waals surface area contributed by atoms with Gasteiger partial charge < -0.3 is 15.2 Å². The van der Waals surface area contributed by atoms with Gasteiger partial charge in [-0.15, -0.1) is 24.8 Å². The van der Waals surface area contributed by atoms with Crippen LogP contribution >= 0.6 is 24.8 Å². The lowest BCUT2D eigenvalue weighted by atomic mass is 10.1. The molecule has 3 rings (SSSR count). The number of hydrogen-bond donors (Lipinski definition) is 2. The highest BCUT2D eigenvalue weighted by atomic mass is 35.5. The molecule has 0 unspecified atom stereocenters. The summed E-state index contributed by atoms with van der Waals surface area (Å²) in [7, 11) is 0. The summed E-state index contributed by atoms with van der Waals surface area (Å²) in [5, 5.41) is 6.39. The van der Waals surface area contributed by atoms with E-state index in [4.69, 9.17) is 0 Å². The minimum Gasteiger partial charge on any atom is -0.348 e. The number of aromatic nitrogens is 2. The zero-order valence-corrected chi connectivity index (χ0v) is 14.4. The molecule has 2 N–H and O–H groups in total. The summed E-state index contributed by atoms with van der Waals surface area (Å²) >= 11 is 0. The van der Waals surface area contributed by atoms with Crippen molar-refractivity contribution in [1.82, 2.24) is 20.2 Å². The van der Waals surface area contributed by atoms with Gasteiger partial charge >= 0.3 is 0 Å². The first kappa shape index (κ1) is 19.5. The van der Waals surface area contributed by atoms with Crippen molar-refractivity contribution in [3.63, 3.8) is 0 Å². The molecular weight excluding hydrogens is 335 g/mol. The van der Waals surface area contributed by atoms with Gasteiger partial charge in [-0.3, -0.25) is 4.79 Å². The van der Waals surface area contributed by atoms with Gasteiger partial charge in [-0.2, -0.15) is 0 Å². The maximum atomic E-state index is 12.2. The van der Waals surface area contributed by atoms with Gasteiger partial charge in [0, 0.05) is 37.1 Å². The smallest absolute Gasteiger partial charge is 0.251 e. The van der Waals surface area contributed by atoms with Crippen molar-refractivity contribution in [2.24, 2.45) is 0 Å². The standard InChI is InChI=1S/C16H20N4O.2ClH/c21-16(19-15-2-1-7-17-10-15)14-5-3-13(4-6-14)11-20-9-8-18-12-20;;/h3-6,8-9,12,15,17H,1-2,7,10-11H2,(H,19,21);2*1H/t15-;;/m0../s1. The van der Waals surface area contributed by atoms with Gasteiger partial charge in [0.1, 0.15) is 0 Å². The van der Waals surface area contributed by atoms with Crippen molar-refractivity contribution in [2.45, 2.75) is 25.4 Å². The van der Waals surface area contributed by atoms with Crippen LogP contribution in [0.3, 0.4) is 0 Å². The summed E-state index contributed by atoms with van der Waals surface area (Å²) in [4.78, 5) is 16.2. The monoisotopic (exact) mass is 356 g/mol. The molecule has 1 aromatic carbocycles. The second-order valence-corrected chi connectivity index (χ2v) is 5.45. The molecule has 0 radical (unpaired) electrons. The van der Waals surface area contributed by atoms with Crippen LogP contribution in [-0.4, -0.2) is 34.6 Å². The summed E-state index contributed by atoms with van der Waals surface area (Å²) in [6.45, 7) is 2.69. The minimum absolute atomic E-state index is 0. The number of piperidine rings is 1. The number of benzene rings is 1. The van der Waals surface area contributed by atoms with Gasteiger partial charge in [0.05, 0.1) is 6.33 Å². The highest BCUT2D eigenvalue weighted by Crippen LogP contribution is 2.08. The Bertz CT molecular complexity index is 581. The van der Waals surface area contributed by atoms with E-state index in [1.54, 1.807) is 12.5 Å². The van der Waals surface area contributed by atoms with E-state index in [0.29, 0.717) is 0 Å². The molecule has 0 spiro atoms. The molecule has 1 aromatic heterocycles. The molecule has 0 saturated carbocycles. The lowest BCUT2D eigenvalue weighted by Crippen LogP contribution is -2.45. The van der Waals surface area contributed by atoms with Crippen LogP contribution in [0.2, 0.25) is 0 Å². The molecule has 1 fully saturated rings. The van der Waals surface area contributed by atoms with Gasteiger partial charge in [-0.05, 0) is 37.1 Å². The van der Waals surface area contributed by atoms with Gasteiger partial charge in [0.15, 0.2) is 0 Å². The fourth-order valence-corrected chi connectivity index (χ4v) is 2.60. The maximum Gasteiger partial charge on any atom is 0.251 e. The van der Waals surface area contributed by atoms with Crippen LogP contribution in [0.5, 0.6) is 0 Å². The number of halogens is 2. The predicted molar refractivity (Wildman–Crippen MR) is 95.6 cm³/mol. The molecule has 1 aliphatic heterocycles. The van der Waals surface area contributed by atoms with E-state index in [2.05, 4.69) is 15.6 Å². The lowest BCUT2D eigenvalue weighted by Gasteiger charge is -2.23. The summed E-state index contributed by atoms with van der Waals surface area (Å²) < 4.78 is 2.00. The summed E-state index contributed by atoms with van der Waals surface area (Å²) in [6.07, 6.45) is 7.65. The molecule has 1 aliphatic rings. The minimum atomic E-state index is 0. The molecule has 5 nitrogen and oxygen atoms in total. The van der Waals surface area contributed by atoms with E-state index < -0.39 is 0 Å². The van der Waals surface area contributed by atoms with Crippen LogP contribution in [-0.2, 0) is 6.54 Å². The fourth-order valence-electron chi connectivity index (χ4n) is 2.60. The number of carbonyl (C=O) groups excluding carboxylic acids is 1. The van der Waals surface area contributed by atoms with Crippen molar-refractivity contribution in [3.8, 4) is 0 Å². The zero-order valence-electron chi connectivity index (χ0n) is 12.8. The number of carbonyl (C=O) groups is 1. The first-order valence-corrected chi connectivity index (χ1v) is 7.37. The normalized spacial score (nSPS) is 16.8. The maximum absolute atomic E-state index is 12.2. The Labute approximate surface area is 148 Å². The van der Waals surface area contributed by atoms with E-state index in [1.807, 2.05) is 35.0 Å². The SMILES string of the molecule is Cl.Cl.O=C(N[C@H]1CCCNC1)c1ccc(Cn2ccnc2)cc1. The Balaban J connectivity index is 0.00000132. The number of imidazole rings is 1. The summed E-state index contributed by atoms with van der Waals surface area (Å²) in [5.41, 5.74) is 1.87. The number of nitrogens with zero attached hydrogens (tertiary/aromatic N) is 2. The average Bonchev–Trinajstić information content (AvgIpc) is 3.02. The Morgan fingerprint density at radius 1 is 1.30 bits per heavy atom. The topological polar surface area (TPSA) is 59.0 Å². The molecule has 2 heterocycles. The third-order valence-corrected chi connectivity index (χ3v) is 3.77. The van der Waals surface area contributed by atoms with Crippen molar-refractivity contribution < 1.29 is 4.79 Å². The third kappa shape index (κ3) is 5.53. The third-order valence-electron chi connectivity index (χ3n) is 3.77. The number of amides is 1. The van der Waals surface area contributed by atoms with Gasteiger partial charge in [0.2, 0.25) is 0 Å². The molecule has 1 atom stereocenters. The molecule has 126 valence electrons. The van der Waals surface area contributed by atoms with Gasteiger partial charge in [0.25, 0.3) is 5.91 Å². The van der Waals surface area contributed by atoms with Crippen LogP contribution in [0.15, 0.2) is 43.0 Å². The Hall–Kier alpha value is -1.56. The van der Waals surface area contributed by atoms with Gasteiger partial charge in [-0.1, -0.05) is 12.1 Å². The van der Waals surface area contributed by atoms with Crippen molar-refractivity contribution in [3.05, 3.63) is 54.1 Å². The van der Waals surface area contributed by atoms with Crippen LogP contribution in [0, 0.1) is 0 Å². The number of rotatable bonds is 4.